The number of hydrogen-bond donors (Lipinski definition) is 1. The van der Waals surface area contributed by atoms with Gasteiger partial charge in [-0.1, -0.05) is 6.07 Å². The Morgan fingerprint density at radius 1 is 1.53 bits per heavy atom. The molecule has 1 rings (SSSR count). The Morgan fingerprint density at radius 3 is 2.88 bits per heavy atom. The highest BCUT2D eigenvalue weighted by Gasteiger charge is 2.07. The predicted octanol–water partition coefficient (Wildman–Crippen LogP) is 2.49. The molecule has 0 saturated carbocycles. The Kier molecular flexibility index (Phi) is 4.63. The topological polar surface area (TPSA) is 50.7 Å². The molecule has 92 valence electrons. The van der Waals surface area contributed by atoms with Crippen molar-refractivity contribution < 1.29 is 13.9 Å². The molecule has 0 unspecified atom stereocenters. The average molecular weight is 238 g/mol. The summed E-state index contributed by atoms with van der Waals surface area (Å²) >= 11 is 0. The number of benzene rings is 1. The van der Waals surface area contributed by atoms with E-state index in [2.05, 4.69) is 10.5 Å². The smallest absolute Gasteiger partial charge is 0.354 e. The zero-order chi connectivity index (χ0) is 12.8. The van der Waals surface area contributed by atoms with Crippen LogP contribution in [-0.2, 0) is 9.53 Å². The van der Waals surface area contributed by atoms with E-state index in [1.165, 1.54) is 13.0 Å². The normalized spacial score (nSPS) is 11.2. The second-order valence-electron chi connectivity index (χ2n) is 3.44. The van der Waals surface area contributed by atoms with Gasteiger partial charge in [0.15, 0.2) is 0 Å². The second-order valence-corrected chi connectivity index (χ2v) is 3.44. The molecule has 0 radical (unpaired) electrons. The van der Waals surface area contributed by atoms with Gasteiger partial charge in [0.05, 0.1) is 12.3 Å². The largest absolute Gasteiger partial charge is 0.461 e. The van der Waals surface area contributed by atoms with Gasteiger partial charge in [-0.25, -0.2) is 9.18 Å². The van der Waals surface area contributed by atoms with E-state index in [1.807, 2.05) is 0 Å². The van der Waals surface area contributed by atoms with Crippen molar-refractivity contribution in [3.05, 3.63) is 29.6 Å². The molecular formula is C12H15FN2O2. The number of anilines is 1. The molecule has 0 atom stereocenters. The zero-order valence-corrected chi connectivity index (χ0v) is 10.1. The van der Waals surface area contributed by atoms with Crippen molar-refractivity contribution in [3.8, 4) is 0 Å². The maximum atomic E-state index is 13.2. The minimum Gasteiger partial charge on any atom is -0.461 e. The van der Waals surface area contributed by atoms with Gasteiger partial charge in [-0.15, -0.1) is 0 Å². The summed E-state index contributed by atoms with van der Waals surface area (Å²) in [6.07, 6.45) is 0. The van der Waals surface area contributed by atoms with Gasteiger partial charge in [0.25, 0.3) is 0 Å². The van der Waals surface area contributed by atoms with Crippen molar-refractivity contribution in [1.82, 2.24) is 0 Å². The summed E-state index contributed by atoms with van der Waals surface area (Å²) in [6.45, 7) is 5.17. The second kappa shape index (κ2) is 5.98. The van der Waals surface area contributed by atoms with Gasteiger partial charge >= 0.3 is 5.97 Å². The average Bonchev–Trinajstić information content (AvgIpc) is 2.31. The molecule has 0 amide bonds. The Morgan fingerprint density at radius 2 is 2.24 bits per heavy atom. The number of hydrogen-bond acceptors (Lipinski definition) is 4. The van der Waals surface area contributed by atoms with Crippen molar-refractivity contribution in [1.29, 1.82) is 0 Å². The van der Waals surface area contributed by atoms with Crippen LogP contribution >= 0.6 is 0 Å². The fourth-order valence-electron chi connectivity index (χ4n) is 1.15. The highest BCUT2D eigenvalue weighted by molar-refractivity contribution is 6.35. The van der Waals surface area contributed by atoms with Crippen molar-refractivity contribution in [3.63, 3.8) is 0 Å². The molecule has 0 aromatic heterocycles. The van der Waals surface area contributed by atoms with E-state index in [0.29, 0.717) is 17.9 Å². The fraction of sp³-hybridized carbons (Fsp3) is 0.333. The third-order valence-electron chi connectivity index (χ3n) is 2.18. The minimum absolute atomic E-state index is 0.190. The van der Waals surface area contributed by atoms with Gasteiger partial charge < -0.3 is 4.74 Å². The molecule has 1 N–H and O–H groups in total. The molecule has 5 heteroatoms. The molecule has 4 nitrogen and oxygen atoms in total. The van der Waals surface area contributed by atoms with Crippen LogP contribution in [0, 0.1) is 12.7 Å². The number of ether oxygens (including phenoxy) is 1. The van der Waals surface area contributed by atoms with E-state index in [1.54, 1.807) is 26.0 Å². The van der Waals surface area contributed by atoms with Crippen LogP contribution < -0.4 is 5.43 Å². The van der Waals surface area contributed by atoms with E-state index >= 15 is 0 Å². The Balaban J connectivity index is 2.75. The molecule has 1 aromatic carbocycles. The first-order valence-electron chi connectivity index (χ1n) is 5.28. The first-order chi connectivity index (χ1) is 8.06. The van der Waals surface area contributed by atoms with Crippen LogP contribution in [0.2, 0.25) is 0 Å². The summed E-state index contributed by atoms with van der Waals surface area (Å²) in [5.74, 6) is -0.812. The molecule has 0 aliphatic heterocycles. The van der Waals surface area contributed by atoms with Crippen molar-refractivity contribution >= 4 is 17.4 Å². The molecule has 0 heterocycles. The summed E-state index contributed by atoms with van der Waals surface area (Å²) in [4.78, 5) is 11.2. The first-order valence-corrected chi connectivity index (χ1v) is 5.28. The maximum Gasteiger partial charge on any atom is 0.354 e. The van der Waals surface area contributed by atoms with Crippen LogP contribution in [0.5, 0.6) is 0 Å². The first kappa shape index (κ1) is 13.2. The molecule has 17 heavy (non-hydrogen) atoms. The molecule has 0 saturated heterocycles. The highest BCUT2D eigenvalue weighted by Crippen LogP contribution is 2.17. The van der Waals surface area contributed by atoms with E-state index in [0.717, 1.165) is 0 Å². The van der Waals surface area contributed by atoms with Crippen molar-refractivity contribution in [2.24, 2.45) is 5.10 Å². The quantitative estimate of drug-likeness (QED) is 0.498. The number of carbonyl (C=O) groups is 1. The Hall–Kier alpha value is -1.91. The number of rotatable bonds is 4. The van der Waals surface area contributed by atoms with Crippen LogP contribution in [0.3, 0.4) is 0 Å². The lowest BCUT2D eigenvalue weighted by atomic mass is 10.2. The standard InChI is InChI=1S/C12H15FN2O2/c1-4-17-12(16)9(3)14-15-11-7-5-6-10(13)8(11)2/h5-7,15H,4H2,1-3H3/b14-9-. The minimum atomic E-state index is -0.492. The summed E-state index contributed by atoms with van der Waals surface area (Å²) in [7, 11) is 0. The molecule has 0 aliphatic carbocycles. The summed E-state index contributed by atoms with van der Waals surface area (Å²) < 4.78 is 18.0. The molecule has 0 spiro atoms. The number of nitrogens with one attached hydrogen (secondary N) is 1. The van der Waals surface area contributed by atoms with Gasteiger partial charge in [-0.3, -0.25) is 5.43 Å². The number of carbonyl (C=O) groups excluding carboxylic acids is 1. The monoisotopic (exact) mass is 238 g/mol. The Labute approximate surface area is 99.5 Å². The van der Waals surface area contributed by atoms with Gasteiger partial charge in [0.1, 0.15) is 11.5 Å². The zero-order valence-electron chi connectivity index (χ0n) is 10.1. The maximum absolute atomic E-state index is 13.2. The molecule has 0 aliphatic rings. The van der Waals surface area contributed by atoms with Crippen LogP contribution in [0.4, 0.5) is 10.1 Å². The Bertz CT molecular complexity index is 444. The lowest BCUT2D eigenvalue weighted by Gasteiger charge is -2.06. The molecule has 1 aromatic rings. The van der Waals surface area contributed by atoms with Crippen molar-refractivity contribution in [2.75, 3.05) is 12.0 Å². The van der Waals surface area contributed by atoms with E-state index < -0.39 is 5.97 Å². The predicted molar refractivity (Wildman–Crippen MR) is 64.5 cm³/mol. The van der Waals surface area contributed by atoms with E-state index in [-0.39, 0.29) is 11.5 Å². The lowest BCUT2D eigenvalue weighted by Crippen LogP contribution is -2.15. The third kappa shape index (κ3) is 3.55. The number of hydrazone groups is 1. The van der Waals surface area contributed by atoms with E-state index in [4.69, 9.17) is 4.74 Å². The van der Waals surface area contributed by atoms with Gasteiger partial charge in [-0.2, -0.15) is 5.10 Å². The summed E-state index contributed by atoms with van der Waals surface area (Å²) in [6, 6.07) is 4.61. The fourth-order valence-corrected chi connectivity index (χ4v) is 1.15. The SMILES string of the molecule is CCOC(=O)/C(C)=N\Nc1cccc(F)c1C. The van der Waals surface area contributed by atoms with Crippen molar-refractivity contribution in [2.45, 2.75) is 20.8 Å². The van der Waals surface area contributed by atoms with Crippen LogP contribution in [0.15, 0.2) is 23.3 Å². The van der Waals surface area contributed by atoms with Gasteiger partial charge in [0.2, 0.25) is 0 Å². The van der Waals surface area contributed by atoms with Crippen LogP contribution in [0.1, 0.15) is 19.4 Å². The van der Waals surface area contributed by atoms with Gasteiger partial charge in [0, 0.05) is 5.56 Å². The molecule has 0 fully saturated rings. The number of esters is 1. The van der Waals surface area contributed by atoms with E-state index in [9.17, 15) is 9.18 Å². The third-order valence-corrected chi connectivity index (χ3v) is 2.18. The molecule has 0 bridgehead atoms. The van der Waals surface area contributed by atoms with Crippen LogP contribution in [0.25, 0.3) is 0 Å². The van der Waals surface area contributed by atoms with Gasteiger partial charge in [-0.05, 0) is 32.9 Å². The number of halogens is 1. The summed E-state index contributed by atoms with van der Waals surface area (Å²) in [5, 5.41) is 3.84. The van der Waals surface area contributed by atoms with Crippen LogP contribution in [-0.4, -0.2) is 18.3 Å². The molecular weight excluding hydrogens is 223 g/mol. The summed E-state index contributed by atoms with van der Waals surface area (Å²) in [5.41, 5.74) is 3.80. The number of nitrogens with zero attached hydrogens (tertiary/aromatic N) is 1. The lowest BCUT2D eigenvalue weighted by molar-refractivity contribution is -0.135. The highest BCUT2D eigenvalue weighted by atomic mass is 19.1.